The fourth-order valence-corrected chi connectivity index (χ4v) is 2.39. The predicted molar refractivity (Wildman–Crippen MR) is 88.8 cm³/mol. The molecule has 0 radical (unpaired) electrons. The average molecular weight is 339 g/mol. The number of aromatic nitrogens is 1. The van der Waals surface area contributed by atoms with Gasteiger partial charge in [-0.3, -0.25) is 9.59 Å². The van der Waals surface area contributed by atoms with Crippen LogP contribution in [0.15, 0.2) is 35.1 Å². The molecular formula is C16H16Cl2N2O2. The van der Waals surface area contributed by atoms with Gasteiger partial charge in [-0.1, -0.05) is 43.1 Å². The zero-order chi connectivity index (χ0) is 16.3. The molecule has 0 aliphatic rings. The van der Waals surface area contributed by atoms with E-state index in [1.807, 2.05) is 13.8 Å². The summed E-state index contributed by atoms with van der Waals surface area (Å²) in [5, 5.41) is 3.73. The molecule has 1 heterocycles. The van der Waals surface area contributed by atoms with Crippen LogP contribution in [0.2, 0.25) is 10.0 Å². The number of H-pyrrole nitrogens is 1. The molecule has 0 bridgehead atoms. The predicted octanol–water partition coefficient (Wildman–Crippen LogP) is 3.74. The molecule has 4 nitrogen and oxygen atoms in total. The number of benzene rings is 1. The molecule has 0 unspecified atom stereocenters. The lowest BCUT2D eigenvalue weighted by atomic mass is 10.0. The third-order valence-corrected chi connectivity index (χ3v) is 3.95. The molecule has 1 amide bonds. The van der Waals surface area contributed by atoms with Gasteiger partial charge >= 0.3 is 0 Å². The highest BCUT2D eigenvalue weighted by Crippen LogP contribution is 2.22. The van der Waals surface area contributed by atoms with E-state index < -0.39 is 0 Å². The number of nitrogens with one attached hydrogen (secondary N) is 2. The molecule has 0 atom stereocenters. The zero-order valence-corrected chi connectivity index (χ0v) is 13.8. The van der Waals surface area contributed by atoms with E-state index in [2.05, 4.69) is 10.3 Å². The van der Waals surface area contributed by atoms with E-state index in [4.69, 9.17) is 23.2 Å². The first-order valence-electron chi connectivity index (χ1n) is 6.84. The monoisotopic (exact) mass is 338 g/mol. The van der Waals surface area contributed by atoms with Gasteiger partial charge in [0.1, 0.15) is 0 Å². The number of aromatic amines is 1. The van der Waals surface area contributed by atoms with Crippen LogP contribution in [0.5, 0.6) is 0 Å². The van der Waals surface area contributed by atoms with Crippen molar-refractivity contribution in [1.29, 1.82) is 0 Å². The molecule has 1 aromatic heterocycles. The van der Waals surface area contributed by atoms with Crippen molar-refractivity contribution < 1.29 is 4.79 Å². The average Bonchev–Trinajstić information content (AvgIpc) is 2.48. The fourth-order valence-electron chi connectivity index (χ4n) is 2.07. The van der Waals surface area contributed by atoms with Gasteiger partial charge in [0.2, 0.25) is 5.56 Å². The third-order valence-electron chi connectivity index (χ3n) is 3.21. The SMILES string of the molecule is CC(C)c1[nH]c(=O)ccc1C(=O)NCc1ccc(Cl)c(Cl)c1. The van der Waals surface area contributed by atoms with Crippen molar-refractivity contribution in [2.75, 3.05) is 0 Å². The van der Waals surface area contributed by atoms with Crippen LogP contribution in [0.3, 0.4) is 0 Å². The summed E-state index contributed by atoms with van der Waals surface area (Å²) >= 11 is 11.8. The number of hydrogen-bond donors (Lipinski definition) is 2. The normalized spacial score (nSPS) is 10.8. The molecule has 1 aromatic carbocycles. The molecule has 0 saturated heterocycles. The van der Waals surface area contributed by atoms with Gasteiger partial charge < -0.3 is 10.3 Å². The molecule has 0 aliphatic heterocycles. The molecule has 6 heteroatoms. The van der Waals surface area contributed by atoms with Crippen LogP contribution in [-0.4, -0.2) is 10.9 Å². The molecule has 2 aromatic rings. The first-order chi connectivity index (χ1) is 10.4. The number of carbonyl (C=O) groups is 1. The Morgan fingerprint density at radius 1 is 1.18 bits per heavy atom. The van der Waals surface area contributed by atoms with Gasteiger partial charge in [0, 0.05) is 18.3 Å². The molecule has 2 rings (SSSR count). The van der Waals surface area contributed by atoms with Crippen LogP contribution >= 0.6 is 23.2 Å². The summed E-state index contributed by atoms with van der Waals surface area (Å²) in [5.41, 5.74) is 1.72. The lowest BCUT2D eigenvalue weighted by Crippen LogP contribution is -2.26. The van der Waals surface area contributed by atoms with Crippen LogP contribution in [0, 0.1) is 0 Å². The van der Waals surface area contributed by atoms with Crippen LogP contribution in [0.1, 0.15) is 41.4 Å². The summed E-state index contributed by atoms with van der Waals surface area (Å²) in [6.45, 7) is 4.16. The zero-order valence-electron chi connectivity index (χ0n) is 12.2. The molecule has 116 valence electrons. The van der Waals surface area contributed by atoms with Crippen molar-refractivity contribution in [2.45, 2.75) is 26.3 Å². The van der Waals surface area contributed by atoms with Crippen LogP contribution in [-0.2, 0) is 6.54 Å². The Labute approximate surface area is 138 Å². The summed E-state index contributed by atoms with van der Waals surface area (Å²) in [5.74, 6) is -0.203. The van der Waals surface area contributed by atoms with Crippen molar-refractivity contribution in [3.63, 3.8) is 0 Å². The fraction of sp³-hybridized carbons (Fsp3) is 0.250. The molecule has 22 heavy (non-hydrogen) atoms. The molecule has 0 saturated carbocycles. The summed E-state index contributed by atoms with van der Waals surface area (Å²) in [7, 11) is 0. The Bertz CT molecular complexity index is 754. The van der Waals surface area contributed by atoms with Gasteiger partial charge in [-0.2, -0.15) is 0 Å². The van der Waals surface area contributed by atoms with E-state index in [9.17, 15) is 9.59 Å². The van der Waals surface area contributed by atoms with E-state index in [-0.39, 0.29) is 17.4 Å². The lowest BCUT2D eigenvalue weighted by Gasteiger charge is -2.12. The number of halogens is 2. The van der Waals surface area contributed by atoms with Crippen LogP contribution in [0.25, 0.3) is 0 Å². The Kier molecular flexibility index (Phi) is 5.27. The van der Waals surface area contributed by atoms with Gasteiger partial charge in [-0.05, 0) is 29.7 Å². The minimum Gasteiger partial charge on any atom is -0.348 e. The van der Waals surface area contributed by atoms with Crippen molar-refractivity contribution >= 4 is 29.1 Å². The smallest absolute Gasteiger partial charge is 0.253 e. The Balaban J connectivity index is 2.16. The van der Waals surface area contributed by atoms with Gasteiger partial charge in [0.05, 0.1) is 15.6 Å². The molecule has 2 N–H and O–H groups in total. The standard InChI is InChI=1S/C16H16Cl2N2O2/c1-9(2)15-11(4-6-14(21)20-15)16(22)19-8-10-3-5-12(17)13(18)7-10/h3-7,9H,8H2,1-2H3,(H,19,22)(H,20,21). The van der Waals surface area contributed by atoms with E-state index in [0.29, 0.717) is 27.8 Å². The van der Waals surface area contributed by atoms with Gasteiger partial charge in [0.15, 0.2) is 0 Å². The van der Waals surface area contributed by atoms with Gasteiger partial charge in [-0.15, -0.1) is 0 Å². The van der Waals surface area contributed by atoms with Crippen molar-refractivity contribution in [1.82, 2.24) is 10.3 Å². The second kappa shape index (κ2) is 6.99. The van der Waals surface area contributed by atoms with Gasteiger partial charge in [-0.25, -0.2) is 0 Å². The number of carbonyl (C=O) groups excluding carboxylic acids is 1. The summed E-state index contributed by atoms with van der Waals surface area (Å²) in [6.07, 6.45) is 0. The topological polar surface area (TPSA) is 62.0 Å². The Hall–Kier alpha value is -1.78. The molecule has 0 fully saturated rings. The highest BCUT2D eigenvalue weighted by Gasteiger charge is 2.14. The summed E-state index contributed by atoms with van der Waals surface area (Å²) < 4.78 is 0. The van der Waals surface area contributed by atoms with Crippen molar-refractivity contribution in [3.05, 3.63) is 67.6 Å². The molecule has 0 spiro atoms. The van der Waals surface area contributed by atoms with E-state index in [1.165, 1.54) is 6.07 Å². The minimum atomic E-state index is -0.244. The largest absolute Gasteiger partial charge is 0.348 e. The van der Waals surface area contributed by atoms with Gasteiger partial charge in [0.25, 0.3) is 5.91 Å². The quantitative estimate of drug-likeness (QED) is 0.891. The molecular weight excluding hydrogens is 323 g/mol. The Morgan fingerprint density at radius 3 is 2.55 bits per heavy atom. The van der Waals surface area contributed by atoms with Crippen molar-refractivity contribution in [3.8, 4) is 0 Å². The van der Waals surface area contributed by atoms with E-state index >= 15 is 0 Å². The number of hydrogen-bond acceptors (Lipinski definition) is 2. The highest BCUT2D eigenvalue weighted by atomic mass is 35.5. The van der Waals surface area contributed by atoms with Crippen LogP contribution in [0.4, 0.5) is 0 Å². The maximum atomic E-state index is 12.3. The summed E-state index contributed by atoms with van der Waals surface area (Å²) in [4.78, 5) is 26.4. The minimum absolute atomic E-state index is 0.0413. The number of pyridine rings is 1. The lowest BCUT2D eigenvalue weighted by molar-refractivity contribution is 0.0949. The third kappa shape index (κ3) is 3.90. The molecule has 0 aliphatic carbocycles. The second-order valence-electron chi connectivity index (χ2n) is 5.24. The van der Waals surface area contributed by atoms with Crippen molar-refractivity contribution in [2.24, 2.45) is 0 Å². The second-order valence-corrected chi connectivity index (χ2v) is 6.05. The van der Waals surface area contributed by atoms with Crippen LogP contribution < -0.4 is 10.9 Å². The maximum Gasteiger partial charge on any atom is 0.253 e. The first-order valence-corrected chi connectivity index (χ1v) is 7.59. The van der Waals surface area contributed by atoms with E-state index in [1.54, 1.807) is 24.3 Å². The Morgan fingerprint density at radius 2 is 1.91 bits per heavy atom. The first kappa shape index (κ1) is 16.6. The summed E-state index contributed by atoms with van der Waals surface area (Å²) in [6, 6.07) is 8.08. The maximum absolute atomic E-state index is 12.3. The van der Waals surface area contributed by atoms with E-state index in [0.717, 1.165) is 5.56 Å². The number of amides is 1. The number of rotatable bonds is 4. The highest BCUT2D eigenvalue weighted by molar-refractivity contribution is 6.42.